The molecular formula is C29H42O4. The highest BCUT2D eigenvalue weighted by Crippen LogP contribution is 2.41. The molecule has 3 rings (SSSR count). The minimum Gasteiger partial charge on any atom is -0.493 e. The first kappa shape index (κ1) is 25.7. The SMILES string of the molecule is CCC(CC)(c1ccc(CCC2(O)CCC2)c(C)c1)c1ccc(OCC(CO)CO)c(C)c1. The maximum Gasteiger partial charge on any atom is 0.122 e. The Hall–Kier alpha value is -1.88. The van der Waals surface area contributed by atoms with Crippen LogP contribution in [-0.2, 0) is 11.8 Å². The fourth-order valence-corrected chi connectivity index (χ4v) is 5.19. The normalized spacial score (nSPS) is 15.5. The maximum atomic E-state index is 10.5. The number of aryl methyl sites for hydroxylation is 3. The lowest BCUT2D eigenvalue weighted by Crippen LogP contribution is -2.37. The summed E-state index contributed by atoms with van der Waals surface area (Å²) < 4.78 is 5.88. The first-order valence-electron chi connectivity index (χ1n) is 12.6. The van der Waals surface area contributed by atoms with Gasteiger partial charge >= 0.3 is 0 Å². The minimum absolute atomic E-state index is 0.0719. The Bertz CT molecular complexity index is 908. The van der Waals surface area contributed by atoms with Gasteiger partial charge in [0.15, 0.2) is 0 Å². The molecule has 1 fully saturated rings. The molecule has 0 bridgehead atoms. The van der Waals surface area contributed by atoms with E-state index in [9.17, 15) is 15.3 Å². The van der Waals surface area contributed by atoms with Gasteiger partial charge in [0.1, 0.15) is 5.75 Å². The predicted molar refractivity (Wildman–Crippen MR) is 134 cm³/mol. The van der Waals surface area contributed by atoms with Crippen LogP contribution in [0.2, 0.25) is 0 Å². The van der Waals surface area contributed by atoms with Crippen molar-refractivity contribution in [3.8, 4) is 5.75 Å². The summed E-state index contributed by atoms with van der Waals surface area (Å²) in [7, 11) is 0. The standard InChI is InChI=1S/C29H42O4/c1-5-29(6-2,26-10-11-27(22(4)17-26)33-20-23(18-30)19-31)25-9-8-24(21(3)16-25)12-15-28(32)13-7-14-28/h8-11,16-17,23,30-32H,5-7,12-15,18-20H2,1-4H3. The summed E-state index contributed by atoms with van der Waals surface area (Å²) in [5, 5.41) is 29.1. The Labute approximate surface area is 199 Å². The van der Waals surface area contributed by atoms with E-state index in [0.29, 0.717) is 6.61 Å². The summed E-state index contributed by atoms with van der Waals surface area (Å²) in [6.45, 7) is 8.89. The van der Waals surface area contributed by atoms with Gasteiger partial charge in [-0.2, -0.15) is 0 Å². The molecule has 0 saturated heterocycles. The number of aliphatic hydroxyl groups excluding tert-OH is 2. The number of aliphatic hydroxyl groups is 3. The lowest BCUT2D eigenvalue weighted by atomic mass is 9.69. The molecule has 0 radical (unpaired) electrons. The molecule has 0 spiro atoms. The van der Waals surface area contributed by atoms with Crippen LogP contribution in [0, 0.1) is 19.8 Å². The second kappa shape index (κ2) is 11.0. The second-order valence-electron chi connectivity index (χ2n) is 10.0. The van der Waals surface area contributed by atoms with Crippen molar-refractivity contribution in [1.29, 1.82) is 0 Å². The summed E-state index contributed by atoms with van der Waals surface area (Å²) >= 11 is 0. The zero-order valence-corrected chi connectivity index (χ0v) is 20.9. The highest BCUT2D eigenvalue weighted by molar-refractivity contribution is 5.47. The van der Waals surface area contributed by atoms with Crippen LogP contribution in [0.3, 0.4) is 0 Å². The lowest BCUT2D eigenvalue weighted by Gasteiger charge is -2.37. The van der Waals surface area contributed by atoms with Gasteiger partial charge in [-0.05, 0) is 92.7 Å². The lowest BCUT2D eigenvalue weighted by molar-refractivity contribution is -0.0398. The molecule has 0 aromatic heterocycles. The number of rotatable bonds is 12. The fraction of sp³-hybridized carbons (Fsp3) is 0.586. The molecule has 0 aliphatic heterocycles. The van der Waals surface area contributed by atoms with Crippen molar-refractivity contribution in [3.05, 3.63) is 64.2 Å². The summed E-state index contributed by atoms with van der Waals surface area (Å²) in [6, 6.07) is 13.3. The van der Waals surface area contributed by atoms with Crippen molar-refractivity contribution < 1.29 is 20.1 Å². The second-order valence-corrected chi connectivity index (χ2v) is 10.0. The monoisotopic (exact) mass is 454 g/mol. The number of ether oxygens (including phenoxy) is 1. The van der Waals surface area contributed by atoms with Crippen LogP contribution < -0.4 is 4.74 Å². The van der Waals surface area contributed by atoms with Gasteiger partial charge in [0.25, 0.3) is 0 Å². The summed E-state index contributed by atoms with van der Waals surface area (Å²) in [5.74, 6) is 0.535. The molecule has 3 N–H and O–H groups in total. The molecule has 4 nitrogen and oxygen atoms in total. The molecule has 0 atom stereocenters. The Morgan fingerprint density at radius 1 is 0.939 bits per heavy atom. The average Bonchev–Trinajstić information content (AvgIpc) is 2.80. The van der Waals surface area contributed by atoms with E-state index in [1.54, 1.807) is 0 Å². The molecule has 1 aliphatic rings. The topological polar surface area (TPSA) is 69.9 Å². The van der Waals surface area contributed by atoms with Crippen LogP contribution in [0.4, 0.5) is 0 Å². The van der Waals surface area contributed by atoms with Crippen molar-refractivity contribution in [2.24, 2.45) is 5.92 Å². The Kier molecular flexibility index (Phi) is 8.60. The van der Waals surface area contributed by atoms with E-state index in [-0.39, 0.29) is 24.5 Å². The Balaban J connectivity index is 1.83. The first-order chi connectivity index (χ1) is 15.8. The molecule has 4 heteroatoms. The molecule has 2 aromatic carbocycles. The van der Waals surface area contributed by atoms with Crippen LogP contribution in [0.15, 0.2) is 36.4 Å². The third-order valence-electron chi connectivity index (χ3n) is 7.96. The molecule has 0 heterocycles. The van der Waals surface area contributed by atoms with E-state index in [1.807, 2.05) is 6.07 Å². The van der Waals surface area contributed by atoms with Crippen LogP contribution in [0.5, 0.6) is 5.75 Å². The fourth-order valence-electron chi connectivity index (χ4n) is 5.19. The zero-order chi connectivity index (χ0) is 24.1. The zero-order valence-electron chi connectivity index (χ0n) is 20.9. The molecule has 182 valence electrons. The van der Waals surface area contributed by atoms with Gasteiger partial charge in [-0.15, -0.1) is 0 Å². The van der Waals surface area contributed by atoms with Gasteiger partial charge in [0, 0.05) is 11.3 Å². The Morgan fingerprint density at radius 3 is 2.03 bits per heavy atom. The van der Waals surface area contributed by atoms with Crippen molar-refractivity contribution in [2.45, 2.75) is 83.7 Å². The molecule has 0 unspecified atom stereocenters. The van der Waals surface area contributed by atoms with Gasteiger partial charge in [-0.3, -0.25) is 0 Å². The first-order valence-corrected chi connectivity index (χ1v) is 12.6. The summed E-state index contributed by atoms with van der Waals surface area (Å²) in [4.78, 5) is 0. The summed E-state index contributed by atoms with van der Waals surface area (Å²) in [6.07, 6.45) is 6.82. The van der Waals surface area contributed by atoms with Crippen molar-refractivity contribution in [2.75, 3.05) is 19.8 Å². The number of hydrogen-bond donors (Lipinski definition) is 3. The molecule has 1 saturated carbocycles. The highest BCUT2D eigenvalue weighted by atomic mass is 16.5. The van der Waals surface area contributed by atoms with Crippen LogP contribution in [0.25, 0.3) is 0 Å². The van der Waals surface area contributed by atoms with Crippen LogP contribution in [-0.4, -0.2) is 40.7 Å². The average molecular weight is 455 g/mol. The van der Waals surface area contributed by atoms with Gasteiger partial charge in [0.2, 0.25) is 0 Å². The maximum absolute atomic E-state index is 10.5. The van der Waals surface area contributed by atoms with Crippen LogP contribution in [0.1, 0.15) is 80.2 Å². The predicted octanol–water partition coefficient (Wildman–Crippen LogP) is 5.24. The van der Waals surface area contributed by atoms with Crippen LogP contribution >= 0.6 is 0 Å². The van der Waals surface area contributed by atoms with Gasteiger partial charge in [0.05, 0.1) is 25.4 Å². The number of hydrogen-bond acceptors (Lipinski definition) is 4. The minimum atomic E-state index is -0.433. The summed E-state index contributed by atoms with van der Waals surface area (Å²) in [5.41, 5.74) is 5.82. The number of benzene rings is 2. The largest absolute Gasteiger partial charge is 0.493 e. The molecule has 0 amide bonds. The Morgan fingerprint density at radius 2 is 1.55 bits per heavy atom. The molecular weight excluding hydrogens is 412 g/mol. The van der Waals surface area contributed by atoms with Gasteiger partial charge in [-0.25, -0.2) is 0 Å². The smallest absolute Gasteiger partial charge is 0.122 e. The highest BCUT2D eigenvalue weighted by Gasteiger charge is 2.34. The van der Waals surface area contributed by atoms with E-state index >= 15 is 0 Å². The quantitative estimate of drug-likeness (QED) is 0.410. The van der Waals surface area contributed by atoms with Gasteiger partial charge < -0.3 is 20.1 Å². The third kappa shape index (κ3) is 5.62. The van der Waals surface area contributed by atoms with E-state index < -0.39 is 5.60 Å². The van der Waals surface area contributed by atoms with E-state index in [4.69, 9.17) is 4.74 Å². The van der Waals surface area contributed by atoms with Crippen molar-refractivity contribution >= 4 is 0 Å². The van der Waals surface area contributed by atoms with Crippen molar-refractivity contribution in [1.82, 2.24) is 0 Å². The molecule has 33 heavy (non-hydrogen) atoms. The molecule has 1 aliphatic carbocycles. The van der Waals surface area contributed by atoms with E-state index in [0.717, 1.165) is 56.3 Å². The van der Waals surface area contributed by atoms with Crippen molar-refractivity contribution in [3.63, 3.8) is 0 Å². The third-order valence-corrected chi connectivity index (χ3v) is 7.96. The molecule has 2 aromatic rings. The van der Waals surface area contributed by atoms with E-state index in [1.165, 1.54) is 22.3 Å². The van der Waals surface area contributed by atoms with Gasteiger partial charge in [-0.1, -0.05) is 44.2 Å². The van der Waals surface area contributed by atoms with E-state index in [2.05, 4.69) is 58.0 Å².